The van der Waals surface area contributed by atoms with E-state index in [0.29, 0.717) is 22.6 Å². The predicted octanol–water partition coefficient (Wildman–Crippen LogP) is 7.71. The van der Waals surface area contributed by atoms with Gasteiger partial charge in [-0.25, -0.2) is 4.39 Å². The molecule has 0 aliphatic heterocycles. The van der Waals surface area contributed by atoms with Gasteiger partial charge in [0.1, 0.15) is 18.4 Å². The summed E-state index contributed by atoms with van der Waals surface area (Å²) in [6.45, 7) is 16.2. The zero-order valence-electron chi connectivity index (χ0n) is 23.8. The Balaban J connectivity index is -0.000000476. The number of carbonyl (C=O) groups excluding carboxylic acids is 1. The van der Waals surface area contributed by atoms with Crippen LogP contribution >= 0.6 is 11.8 Å². The van der Waals surface area contributed by atoms with Crippen LogP contribution in [-0.4, -0.2) is 26.2 Å². The summed E-state index contributed by atoms with van der Waals surface area (Å²) in [6.07, 6.45) is 11.1. The Morgan fingerprint density at radius 2 is 1.89 bits per heavy atom. The van der Waals surface area contributed by atoms with Gasteiger partial charge >= 0.3 is 0 Å². The van der Waals surface area contributed by atoms with Gasteiger partial charge in [-0.15, -0.1) is 24.1 Å². The van der Waals surface area contributed by atoms with E-state index in [0.717, 1.165) is 43.1 Å². The number of ether oxygens (including phenoxy) is 1. The summed E-state index contributed by atoms with van der Waals surface area (Å²) in [5.41, 5.74) is 2.55. The molecule has 1 aromatic carbocycles. The maximum atomic E-state index is 13.3. The third-order valence-electron chi connectivity index (χ3n) is 4.67. The second kappa shape index (κ2) is 29.4. The first kappa shape index (κ1) is 38.7. The summed E-state index contributed by atoms with van der Waals surface area (Å²) in [5, 5.41) is 18.8. The fourth-order valence-electron chi connectivity index (χ4n) is 2.24. The second-order valence-electron chi connectivity index (χ2n) is 8.30. The van der Waals surface area contributed by atoms with E-state index in [1.165, 1.54) is 37.1 Å². The summed E-state index contributed by atoms with van der Waals surface area (Å²) in [5.74, 6) is 3.75. The van der Waals surface area contributed by atoms with Crippen LogP contribution in [-0.2, 0) is 15.3 Å². The van der Waals surface area contributed by atoms with Crippen LogP contribution in [0.2, 0.25) is 0 Å². The molecule has 0 bridgehead atoms. The largest absolute Gasteiger partial charge is 0.381 e. The van der Waals surface area contributed by atoms with E-state index in [2.05, 4.69) is 38.1 Å². The van der Waals surface area contributed by atoms with Gasteiger partial charge in [0.15, 0.2) is 0 Å². The molecule has 0 radical (unpaired) electrons. The normalized spacial score (nSPS) is 9.65. The van der Waals surface area contributed by atoms with Gasteiger partial charge in [0, 0.05) is 25.4 Å². The number of amides is 1. The number of hydrogen-bond acceptors (Lipinski definition) is 5. The quantitative estimate of drug-likeness (QED) is 0.0981. The SMILES string of the molecule is C#CCC.CC(C)=C(C#N)SCc1ccc(C)c(F)c1.CCCOCCCC(C)CC.N#CCNC=O. The van der Waals surface area contributed by atoms with Crippen molar-refractivity contribution in [2.75, 3.05) is 19.8 Å². The van der Waals surface area contributed by atoms with E-state index < -0.39 is 0 Å². The molecule has 0 aliphatic rings. The number of carbonyl (C=O) groups is 1. The number of allylic oxidation sites excluding steroid dienone is 2. The van der Waals surface area contributed by atoms with Gasteiger partial charge in [-0.05, 0) is 63.1 Å². The van der Waals surface area contributed by atoms with Gasteiger partial charge in [0.25, 0.3) is 0 Å². The average Bonchev–Trinajstić information content (AvgIpc) is 2.90. The zero-order chi connectivity index (χ0) is 28.9. The Morgan fingerprint density at radius 1 is 1.24 bits per heavy atom. The number of benzene rings is 1. The number of aryl methyl sites for hydroxylation is 1. The molecule has 7 heteroatoms. The number of halogens is 1. The molecule has 37 heavy (non-hydrogen) atoms. The third-order valence-corrected chi connectivity index (χ3v) is 5.94. The lowest BCUT2D eigenvalue weighted by Gasteiger charge is -2.07. The average molecular weight is 532 g/mol. The fraction of sp³-hybridized carbons (Fsp3) is 0.567. The molecule has 1 aromatic rings. The summed E-state index contributed by atoms with van der Waals surface area (Å²) in [4.78, 5) is 10.0. The standard InChI is InChI=1S/C13H14FNS.C10H22O.C4H6.C3H4N2O/c1-9(2)13(7-15)16-8-11-5-4-10(3)12(14)6-11;1-4-8-11-9-6-7-10(3)5-2;1-3-4-2;4-1-2-5-3-6/h4-6H,8H2,1-3H3;10H,4-9H2,1-3H3;1H,4H2,2H3;3H,2H2,(H,5,6). The van der Waals surface area contributed by atoms with Crippen molar-refractivity contribution in [1.82, 2.24) is 5.32 Å². The van der Waals surface area contributed by atoms with Crippen LogP contribution in [0.1, 0.15) is 84.8 Å². The number of nitrogens with one attached hydrogen (secondary N) is 1. The zero-order valence-corrected chi connectivity index (χ0v) is 24.6. The van der Waals surface area contributed by atoms with Gasteiger partial charge in [0.2, 0.25) is 6.41 Å². The maximum Gasteiger partial charge on any atom is 0.207 e. The van der Waals surface area contributed by atoms with Crippen molar-refractivity contribution in [3.8, 4) is 24.5 Å². The number of thioether (sulfide) groups is 1. The molecule has 1 atom stereocenters. The molecule has 1 unspecified atom stereocenters. The highest BCUT2D eigenvalue weighted by atomic mass is 32.2. The topological polar surface area (TPSA) is 85.9 Å². The van der Waals surface area contributed by atoms with E-state index >= 15 is 0 Å². The third kappa shape index (κ3) is 27.6. The minimum atomic E-state index is -0.186. The maximum absolute atomic E-state index is 13.3. The monoisotopic (exact) mass is 531 g/mol. The van der Waals surface area contributed by atoms with Gasteiger partial charge in [-0.3, -0.25) is 4.79 Å². The molecule has 0 saturated heterocycles. The second-order valence-corrected chi connectivity index (χ2v) is 9.28. The molecular weight excluding hydrogens is 485 g/mol. The number of rotatable bonds is 12. The summed E-state index contributed by atoms with van der Waals surface area (Å²) in [6, 6.07) is 9.06. The lowest BCUT2D eigenvalue weighted by atomic mass is 10.0. The Hall–Kier alpha value is -2.79. The van der Waals surface area contributed by atoms with Crippen LogP contribution in [0.15, 0.2) is 28.7 Å². The molecule has 5 nitrogen and oxygen atoms in total. The molecule has 0 heterocycles. The molecule has 1 N–H and O–H groups in total. The van der Waals surface area contributed by atoms with Crippen molar-refractivity contribution in [3.05, 3.63) is 45.6 Å². The summed E-state index contributed by atoms with van der Waals surface area (Å²) < 4.78 is 18.6. The highest BCUT2D eigenvalue weighted by Crippen LogP contribution is 2.24. The minimum absolute atomic E-state index is 0.101. The highest BCUT2D eigenvalue weighted by molar-refractivity contribution is 8.02. The van der Waals surface area contributed by atoms with Crippen LogP contribution in [0.5, 0.6) is 0 Å². The van der Waals surface area contributed by atoms with Crippen molar-refractivity contribution in [3.63, 3.8) is 0 Å². The first-order valence-corrected chi connectivity index (χ1v) is 13.7. The van der Waals surface area contributed by atoms with Crippen molar-refractivity contribution in [1.29, 1.82) is 10.5 Å². The molecule has 0 spiro atoms. The lowest BCUT2D eigenvalue weighted by molar-refractivity contribution is -0.109. The van der Waals surface area contributed by atoms with Gasteiger partial charge < -0.3 is 10.1 Å². The van der Waals surface area contributed by atoms with Crippen LogP contribution < -0.4 is 5.32 Å². The minimum Gasteiger partial charge on any atom is -0.381 e. The van der Waals surface area contributed by atoms with Crippen molar-refractivity contribution in [2.24, 2.45) is 5.92 Å². The number of nitrogens with zero attached hydrogens (tertiary/aromatic N) is 2. The van der Waals surface area contributed by atoms with E-state index in [-0.39, 0.29) is 12.4 Å². The molecule has 1 rings (SSSR count). The lowest BCUT2D eigenvalue weighted by Crippen LogP contribution is -2.09. The van der Waals surface area contributed by atoms with Gasteiger partial charge in [-0.2, -0.15) is 10.5 Å². The number of nitriles is 2. The number of terminal acetylenes is 1. The summed E-state index contributed by atoms with van der Waals surface area (Å²) >= 11 is 1.45. The first-order chi connectivity index (χ1) is 17.7. The van der Waals surface area contributed by atoms with E-state index in [4.69, 9.17) is 21.7 Å². The van der Waals surface area contributed by atoms with Gasteiger partial charge in [-0.1, -0.05) is 51.8 Å². The molecule has 0 fully saturated rings. The van der Waals surface area contributed by atoms with E-state index in [1.54, 1.807) is 19.1 Å². The summed E-state index contributed by atoms with van der Waals surface area (Å²) in [7, 11) is 0. The van der Waals surface area contributed by atoms with Crippen LogP contribution in [0.4, 0.5) is 4.39 Å². The van der Waals surface area contributed by atoms with Crippen molar-refractivity contribution >= 4 is 18.2 Å². The predicted molar refractivity (Wildman–Crippen MR) is 155 cm³/mol. The van der Waals surface area contributed by atoms with Crippen LogP contribution in [0.3, 0.4) is 0 Å². The molecule has 0 aromatic heterocycles. The Morgan fingerprint density at radius 3 is 2.30 bits per heavy atom. The Labute approximate surface area is 229 Å². The van der Waals surface area contributed by atoms with Crippen LogP contribution in [0.25, 0.3) is 0 Å². The Kier molecular flexibility index (Phi) is 30.8. The molecule has 1 amide bonds. The van der Waals surface area contributed by atoms with Gasteiger partial charge in [0.05, 0.1) is 11.0 Å². The van der Waals surface area contributed by atoms with E-state index in [1.807, 2.05) is 26.8 Å². The molecule has 0 saturated carbocycles. The van der Waals surface area contributed by atoms with Crippen molar-refractivity contribution in [2.45, 2.75) is 86.3 Å². The fourth-order valence-corrected chi connectivity index (χ4v) is 3.09. The Bertz CT molecular complexity index is 863. The highest BCUT2D eigenvalue weighted by Gasteiger charge is 2.03. The molecule has 0 aliphatic carbocycles. The first-order valence-electron chi connectivity index (χ1n) is 12.7. The smallest absolute Gasteiger partial charge is 0.207 e. The van der Waals surface area contributed by atoms with Crippen LogP contribution in [0, 0.1) is 53.7 Å². The molecular formula is C30H46FN3O2S. The molecule has 206 valence electrons. The number of hydrogen-bond donors (Lipinski definition) is 1. The van der Waals surface area contributed by atoms with E-state index in [9.17, 15) is 9.18 Å². The van der Waals surface area contributed by atoms with Crippen molar-refractivity contribution < 1.29 is 13.9 Å².